The van der Waals surface area contributed by atoms with Crippen molar-refractivity contribution < 1.29 is 14.6 Å². The Bertz CT molecular complexity index is 109. The van der Waals surface area contributed by atoms with E-state index in [1.54, 1.807) is 0 Å². The van der Waals surface area contributed by atoms with Crippen molar-refractivity contribution in [2.45, 2.75) is 0 Å². The van der Waals surface area contributed by atoms with Crippen LogP contribution in [0, 0.1) is 0 Å². The summed E-state index contributed by atoms with van der Waals surface area (Å²) in [6.07, 6.45) is 0.982. The number of esters is 1. The fraction of sp³-hybridized carbons (Fsp3) is 0.500. The predicted molar refractivity (Wildman–Crippen MR) is 36.2 cm³/mol. The van der Waals surface area contributed by atoms with Crippen molar-refractivity contribution in [3.8, 4) is 0 Å². The molecule has 0 aliphatic carbocycles. The van der Waals surface area contributed by atoms with Gasteiger partial charge in [-0.15, -0.1) is 0 Å². The van der Waals surface area contributed by atoms with Gasteiger partial charge in [0.25, 0.3) is 0 Å². The van der Waals surface area contributed by atoms with Crippen LogP contribution in [0.5, 0.6) is 0 Å². The molecule has 0 aromatic rings. The summed E-state index contributed by atoms with van der Waals surface area (Å²) < 4.78 is 3.99. The Kier molecular flexibility index (Phi) is 5.71. The van der Waals surface area contributed by atoms with Crippen LogP contribution in [-0.4, -0.2) is 31.0 Å². The normalized spacial score (nSPS) is 12.5. The Balaban J connectivity index is 0.000000219. The van der Waals surface area contributed by atoms with Gasteiger partial charge in [0, 0.05) is 19.2 Å². The van der Waals surface area contributed by atoms with Gasteiger partial charge in [0.05, 0.1) is 0 Å². The van der Waals surface area contributed by atoms with Gasteiger partial charge in [-0.1, -0.05) is 6.58 Å². The lowest BCUT2D eigenvalue weighted by Crippen LogP contribution is -1.99. The molecular formula is C6H11NO3. The minimum absolute atomic E-state index is 0.579. The van der Waals surface area contributed by atoms with Gasteiger partial charge in [0.2, 0.25) is 0 Å². The molecule has 0 aromatic carbocycles. The molecule has 0 spiro atoms. The second kappa shape index (κ2) is 6.25. The third-order valence-electron chi connectivity index (χ3n) is 0.623. The van der Waals surface area contributed by atoms with Crippen LogP contribution in [-0.2, 0) is 9.53 Å². The number of ether oxygens (including phenoxy) is 1. The Morgan fingerprint density at radius 3 is 2.40 bits per heavy atom. The number of hydrogen-bond donors (Lipinski definition) is 2. The van der Waals surface area contributed by atoms with Crippen LogP contribution in [0.2, 0.25) is 0 Å². The fourth-order valence-electron chi connectivity index (χ4n) is 0.123. The van der Waals surface area contributed by atoms with Crippen LogP contribution >= 0.6 is 0 Å². The smallest absolute Gasteiger partial charge is 0.332 e. The van der Waals surface area contributed by atoms with E-state index in [1.807, 2.05) is 0 Å². The van der Waals surface area contributed by atoms with Crippen LogP contribution in [0.1, 0.15) is 0 Å². The van der Waals surface area contributed by atoms with Gasteiger partial charge in [-0.05, 0) is 0 Å². The number of carbonyl (C=O) groups is 1. The summed E-state index contributed by atoms with van der Waals surface area (Å²) in [5.74, 6) is -0.609. The minimum atomic E-state index is -0.609. The average Bonchev–Trinajstić information content (AvgIpc) is 2.73. The zero-order chi connectivity index (χ0) is 7.82. The number of rotatable bonds is 2. The molecule has 0 bridgehead atoms. The topological polar surface area (TPSA) is 68.5 Å². The number of aliphatic hydroxyl groups is 1. The minimum Gasteiger partial charge on any atom is -0.436 e. The van der Waals surface area contributed by atoms with Crippen LogP contribution in [0.4, 0.5) is 0 Å². The van der Waals surface area contributed by atoms with E-state index < -0.39 is 12.8 Å². The van der Waals surface area contributed by atoms with Crippen molar-refractivity contribution in [2.24, 2.45) is 0 Å². The first-order valence-corrected chi connectivity index (χ1v) is 2.92. The Hall–Kier alpha value is -0.870. The second-order valence-corrected chi connectivity index (χ2v) is 1.55. The van der Waals surface area contributed by atoms with E-state index in [4.69, 9.17) is 5.11 Å². The van der Waals surface area contributed by atoms with Gasteiger partial charge >= 0.3 is 5.97 Å². The first kappa shape index (κ1) is 9.13. The van der Waals surface area contributed by atoms with Gasteiger partial charge in [0.15, 0.2) is 6.79 Å². The second-order valence-electron chi connectivity index (χ2n) is 1.55. The molecule has 1 rings (SSSR count). The van der Waals surface area contributed by atoms with Gasteiger partial charge < -0.3 is 15.2 Å². The maximum Gasteiger partial charge on any atom is 0.332 e. The molecule has 0 aromatic heterocycles. The lowest BCUT2D eigenvalue weighted by Gasteiger charge is -1.89. The fourth-order valence-corrected chi connectivity index (χ4v) is 0.123. The van der Waals surface area contributed by atoms with Crippen molar-refractivity contribution in [3.63, 3.8) is 0 Å². The van der Waals surface area contributed by atoms with Crippen LogP contribution in [0.15, 0.2) is 12.7 Å². The van der Waals surface area contributed by atoms with Crippen molar-refractivity contribution in [3.05, 3.63) is 12.7 Å². The largest absolute Gasteiger partial charge is 0.436 e. The summed E-state index contributed by atoms with van der Waals surface area (Å²) in [5, 5.41) is 10.9. The molecule has 0 atom stereocenters. The lowest BCUT2D eigenvalue weighted by molar-refractivity contribution is -0.145. The molecule has 4 heteroatoms. The van der Waals surface area contributed by atoms with Crippen LogP contribution in [0.25, 0.3) is 0 Å². The molecule has 0 amide bonds. The molecular weight excluding hydrogens is 134 g/mol. The Labute approximate surface area is 59.5 Å². The van der Waals surface area contributed by atoms with E-state index in [1.165, 1.54) is 13.1 Å². The lowest BCUT2D eigenvalue weighted by atomic mass is 10.7. The number of nitrogens with one attached hydrogen (secondary N) is 1. The van der Waals surface area contributed by atoms with Crippen molar-refractivity contribution >= 4 is 5.97 Å². The van der Waals surface area contributed by atoms with Crippen LogP contribution in [0.3, 0.4) is 0 Å². The maximum atomic E-state index is 9.91. The highest BCUT2D eigenvalue weighted by Crippen LogP contribution is 1.72. The SMILES string of the molecule is C1CN1.C=CC(=O)OCO. The molecule has 58 valence electrons. The molecule has 10 heavy (non-hydrogen) atoms. The first-order valence-electron chi connectivity index (χ1n) is 2.92. The average molecular weight is 145 g/mol. The third kappa shape index (κ3) is 10.2. The first-order chi connectivity index (χ1) is 4.81. The van der Waals surface area contributed by atoms with E-state index in [-0.39, 0.29) is 0 Å². The van der Waals surface area contributed by atoms with Crippen molar-refractivity contribution in [2.75, 3.05) is 19.9 Å². The summed E-state index contributed by atoms with van der Waals surface area (Å²) in [5.41, 5.74) is 0. The summed E-state index contributed by atoms with van der Waals surface area (Å²) in [4.78, 5) is 9.91. The van der Waals surface area contributed by atoms with Crippen LogP contribution < -0.4 is 5.32 Å². The van der Waals surface area contributed by atoms with E-state index in [9.17, 15) is 4.79 Å². The quantitative estimate of drug-likeness (QED) is 0.232. The number of carbonyl (C=O) groups excluding carboxylic acids is 1. The third-order valence-corrected chi connectivity index (χ3v) is 0.623. The zero-order valence-corrected chi connectivity index (χ0v) is 5.67. The molecule has 2 N–H and O–H groups in total. The van der Waals surface area contributed by atoms with Gasteiger partial charge in [0.1, 0.15) is 0 Å². The highest BCUT2D eigenvalue weighted by atomic mass is 16.6. The molecule has 1 fully saturated rings. The summed E-state index contributed by atoms with van der Waals surface area (Å²) in [6.45, 7) is 5.02. The van der Waals surface area contributed by atoms with E-state index in [0.29, 0.717) is 0 Å². The Morgan fingerprint density at radius 1 is 1.80 bits per heavy atom. The zero-order valence-electron chi connectivity index (χ0n) is 5.67. The molecule has 0 unspecified atom stereocenters. The molecule has 1 aliphatic heterocycles. The monoisotopic (exact) mass is 145 g/mol. The van der Waals surface area contributed by atoms with Gasteiger partial charge in [-0.2, -0.15) is 0 Å². The highest BCUT2D eigenvalue weighted by Gasteiger charge is 1.91. The molecule has 1 aliphatic rings. The summed E-state index contributed by atoms with van der Waals surface area (Å²) in [7, 11) is 0. The van der Waals surface area contributed by atoms with Gasteiger partial charge in [-0.3, -0.25) is 0 Å². The number of aliphatic hydroxyl groups excluding tert-OH is 1. The molecule has 1 saturated heterocycles. The van der Waals surface area contributed by atoms with Gasteiger partial charge in [-0.25, -0.2) is 4.79 Å². The maximum absolute atomic E-state index is 9.91. The molecule has 4 nitrogen and oxygen atoms in total. The molecule has 1 heterocycles. The predicted octanol–water partition coefficient (Wildman–Crippen LogP) is -0.745. The summed E-state index contributed by atoms with van der Waals surface area (Å²) in [6, 6.07) is 0. The van der Waals surface area contributed by atoms with E-state index in [0.717, 1.165) is 6.08 Å². The summed E-state index contributed by atoms with van der Waals surface area (Å²) >= 11 is 0. The van der Waals surface area contributed by atoms with Crippen molar-refractivity contribution in [1.29, 1.82) is 0 Å². The highest BCUT2D eigenvalue weighted by molar-refractivity contribution is 5.81. The van der Waals surface area contributed by atoms with E-state index in [2.05, 4.69) is 16.6 Å². The Morgan fingerprint density at radius 2 is 2.30 bits per heavy atom. The standard InChI is InChI=1S/C4H6O3.C2H5N/c1-2-4(6)7-3-5;1-2-3-1/h2,5H,1,3H2;3H,1-2H2. The molecule has 0 saturated carbocycles. The molecule has 0 radical (unpaired) electrons. The van der Waals surface area contributed by atoms with E-state index >= 15 is 0 Å². The number of hydrogen-bond acceptors (Lipinski definition) is 4. The van der Waals surface area contributed by atoms with Crippen molar-refractivity contribution in [1.82, 2.24) is 5.32 Å².